The van der Waals surface area contributed by atoms with Crippen LogP contribution in [0.4, 0.5) is 0 Å². The van der Waals surface area contributed by atoms with E-state index in [1.165, 1.54) is 0 Å². The average Bonchev–Trinajstić information content (AvgIpc) is 2.74. The Kier molecular flexibility index (Phi) is 8.54. The number of carbonyl (C=O) groups excluding carboxylic acids is 2. The molecule has 28 heavy (non-hydrogen) atoms. The SMILES string of the molecule is CCCOc1ccc(C(=O)CCC(=O)OCCOc2ccc(C#N)cc2)cc1. The molecular weight excluding hydrogens is 358 g/mol. The van der Waals surface area contributed by atoms with E-state index in [2.05, 4.69) is 0 Å². The molecule has 0 N–H and O–H groups in total. The summed E-state index contributed by atoms with van der Waals surface area (Å²) in [5, 5.41) is 8.73. The molecule has 2 rings (SSSR count). The van der Waals surface area contributed by atoms with E-state index in [0.29, 0.717) is 23.5 Å². The molecule has 2 aromatic rings. The minimum Gasteiger partial charge on any atom is -0.494 e. The monoisotopic (exact) mass is 381 g/mol. The molecule has 146 valence electrons. The molecular formula is C22H23NO5. The second kappa shape index (κ2) is 11.4. The van der Waals surface area contributed by atoms with Crippen LogP contribution in [0.1, 0.15) is 42.1 Å². The van der Waals surface area contributed by atoms with Crippen molar-refractivity contribution in [3.05, 3.63) is 59.7 Å². The minimum absolute atomic E-state index is 0.0176. The number of ketones is 1. The minimum atomic E-state index is -0.445. The molecule has 0 aliphatic carbocycles. The Morgan fingerprint density at radius 1 is 0.857 bits per heavy atom. The molecule has 6 heteroatoms. The highest BCUT2D eigenvalue weighted by Gasteiger charge is 2.10. The lowest BCUT2D eigenvalue weighted by Gasteiger charge is -2.08. The molecule has 2 aromatic carbocycles. The van der Waals surface area contributed by atoms with Gasteiger partial charge in [-0.05, 0) is 55.0 Å². The molecule has 0 heterocycles. The highest BCUT2D eigenvalue weighted by Crippen LogP contribution is 2.15. The van der Waals surface area contributed by atoms with Gasteiger partial charge in [0.2, 0.25) is 0 Å². The fourth-order valence-electron chi connectivity index (χ4n) is 2.33. The van der Waals surface area contributed by atoms with E-state index in [-0.39, 0.29) is 31.8 Å². The van der Waals surface area contributed by atoms with E-state index in [0.717, 1.165) is 12.2 Å². The summed E-state index contributed by atoms with van der Waals surface area (Å²) in [6.45, 7) is 2.95. The lowest BCUT2D eigenvalue weighted by Crippen LogP contribution is -2.13. The van der Waals surface area contributed by atoms with Crippen molar-refractivity contribution in [1.29, 1.82) is 5.26 Å². The molecule has 0 spiro atoms. The summed E-state index contributed by atoms with van der Waals surface area (Å²) in [7, 11) is 0. The largest absolute Gasteiger partial charge is 0.494 e. The predicted octanol–water partition coefficient (Wildman–Crippen LogP) is 3.93. The number of Topliss-reactive ketones (excluding diaryl/α,β-unsaturated/α-hetero) is 1. The molecule has 0 unspecified atom stereocenters. The van der Waals surface area contributed by atoms with Crippen molar-refractivity contribution < 1.29 is 23.8 Å². The summed E-state index contributed by atoms with van der Waals surface area (Å²) in [6.07, 6.45) is 1.02. The smallest absolute Gasteiger partial charge is 0.306 e. The molecule has 0 aliphatic rings. The van der Waals surface area contributed by atoms with Crippen LogP contribution in [0.15, 0.2) is 48.5 Å². The van der Waals surface area contributed by atoms with Crippen molar-refractivity contribution in [2.75, 3.05) is 19.8 Å². The third-order valence-electron chi connectivity index (χ3n) is 3.80. The van der Waals surface area contributed by atoms with Crippen LogP contribution in [0.3, 0.4) is 0 Å². The van der Waals surface area contributed by atoms with Crippen LogP contribution in [-0.4, -0.2) is 31.6 Å². The fraction of sp³-hybridized carbons (Fsp3) is 0.318. The van der Waals surface area contributed by atoms with Gasteiger partial charge in [-0.2, -0.15) is 5.26 Å². The van der Waals surface area contributed by atoms with Crippen molar-refractivity contribution in [3.63, 3.8) is 0 Å². The predicted molar refractivity (Wildman–Crippen MR) is 103 cm³/mol. The molecule has 6 nitrogen and oxygen atoms in total. The van der Waals surface area contributed by atoms with Crippen LogP contribution in [0.5, 0.6) is 11.5 Å². The fourth-order valence-corrected chi connectivity index (χ4v) is 2.33. The third-order valence-corrected chi connectivity index (χ3v) is 3.80. The van der Waals surface area contributed by atoms with Crippen molar-refractivity contribution in [2.24, 2.45) is 0 Å². The van der Waals surface area contributed by atoms with Gasteiger partial charge >= 0.3 is 5.97 Å². The Bertz CT molecular complexity index is 806. The number of benzene rings is 2. The molecule has 0 bridgehead atoms. The number of esters is 1. The summed E-state index contributed by atoms with van der Waals surface area (Å²) in [4.78, 5) is 23.9. The zero-order chi connectivity index (χ0) is 20.2. The van der Waals surface area contributed by atoms with Crippen LogP contribution in [-0.2, 0) is 9.53 Å². The van der Waals surface area contributed by atoms with Gasteiger partial charge in [0.05, 0.1) is 24.7 Å². The molecule has 0 saturated heterocycles. The Hall–Kier alpha value is -3.33. The van der Waals surface area contributed by atoms with E-state index in [4.69, 9.17) is 19.5 Å². The van der Waals surface area contributed by atoms with Crippen LogP contribution in [0.2, 0.25) is 0 Å². The van der Waals surface area contributed by atoms with E-state index in [1.807, 2.05) is 13.0 Å². The molecule has 0 aromatic heterocycles. The van der Waals surface area contributed by atoms with E-state index in [1.54, 1.807) is 48.5 Å². The van der Waals surface area contributed by atoms with Crippen LogP contribution in [0, 0.1) is 11.3 Å². The highest BCUT2D eigenvalue weighted by atomic mass is 16.6. The van der Waals surface area contributed by atoms with E-state index in [9.17, 15) is 9.59 Å². The number of ether oxygens (including phenoxy) is 3. The molecule has 0 saturated carbocycles. The Morgan fingerprint density at radius 2 is 1.46 bits per heavy atom. The van der Waals surface area contributed by atoms with Gasteiger partial charge in [-0.25, -0.2) is 0 Å². The summed E-state index contributed by atoms with van der Waals surface area (Å²) < 4.78 is 16.0. The maximum atomic E-state index is 12.1. The average molecular weight is 381 g/mol. The zero-order valence-electron chi connectivity index (χ0n) is 15.8. The summed E-state index contributed by atoms with van der Waals surface area (Å²) >= 11 is 0. The molecule has 0 amide bonds. The lowest BCUT2D eigenvalue weighted by molar-refractivity contribution is -0.144. The Balaban J connectivity index is 1.64. The van der Waals surface area contributed by atoms with Gasteiger partial charge in [0.1, 0.15) is 24.7 Å². The second-order valence-electron chi connectivity index (χ2n) is 6.00. The van der Waals surface area contributed by atoms with Crippen molar-refractivity contribution in [1.82, 2.24) is 0 Å². The number of carbonyl (C=O) groups is 2. The van der Waals surface area contributed by atoms with Crippen LogP contribution in [0.25, 0.3) is 0 Å². The summed E-state index contributed by atoms with van der Waals surface area (Å²) in [5.41, 5.74) is 1.09. The van der Waals surface area contributed by atoms with Crippen molar-refractivity contribution in [3.8, 4) is 17.6 Å². The third kappa shape index (κ3) is 7.12. The standard InChI is InChI=1S/C22H23NO5/c1-2-13-26-20-9-5-18(6-10-20)21(24)11-12-22(25)28-15-14-27-19-7-3-17(16-23)4-8-19/h3-10H,2,11-15H2,1H3. The number of nitrogens with zero attached hydrogens (tertiary/aromatic N) is 1. The normalized spacial score (nSPS) is 10.0. The topological polar surface area (TPSA) is 85.6 Å². The van der Waals surface area contributed by atoms with E-state index < -0.39 is 5.97 Å². The van der Waals surface area contributed by atoms with Gasteiger partial charge in [0, 0.05) is 12.0 Å². The van der Waals surface area contributed by atoms with E-state index >= 15 is 0 Å². The van der Waals surface area contributed by atoms with Crippen LogP contribution >= 0.6 is 0 Å². The summed E-state index contributed by atoms with van der Waals surface area (Å²) in [6, 6.07) is 15.6. The van der Waals surface area contributed by atoms with Gasteiger partial charge in [0.25, 0.3) is 0 Å². The molecule has 0 fully saturated rings. The highest BCUT2D eigenvalue weighted by molar-refractivity contribution is 5.97. The molecule has 0 atom stereocenters. The summed E-state index contributed by atoms with van der Waals surface area (Å²) in [5.74, 6) is 0.754. The van der Waals surface area contributed by atoms with Gasteiger partial charge in [-0.1, -0.05) is 6.92 Å². The molecule has 0 aliphatic heterocycles. The van der Waals surface area contributed by atoms with Gasteiger partial charge < -0.3 is 14.2 Å². The first-order valence-corrected chi connectivity index (χ1v) is 9.17. The van der Waals surface area contributed by atoms with Gasteiger partial charge in [0.15, 0.2) is 5.78 Å². The Morgan fingerprint density at radius 3 is 2.07 bits per heavy atom. The first-order valence-electron chi connectivity index (χ1n) is 9.17. The number of hydrogen-bond donors (Lipinski definition) is 0. The van der Waals surface area contributed by atoms with Gasteiger partial charge in [-0.15, -0.1) is 0 Å². The molecule has 0 radical (unpaired) electrons. The lowest BCUT2D eigenvalue weighted by atomic mass is 10.1. The van der Waals surface area contributed by atoms with Crippen molar-refractivity contribution in [2.45, 2.75) is 26.2 Å². The Labute approximate surface area is 164 Å². The first kappa shape index (κ1) is 21.0. The maximum Gasteiger partial charge on any atom is 0.306 e. The van der Waals surface area contributed by atoms with Gasteiger partial charge in [-0.3, -0.25) is 9.59 Å². The number of nitriles is 1. The second-order valence-corrected chi connectivity index (χ2v) is 6.00. The van der Waals surface area contributed by atoms with Crippen LogP contribution < -0.4 is 9.47 Å². The zero-order valence-corrected chi connectivity index (χ0v) is 15.8. The quantitative estimate of drug-likeness (QED) is 0.333. The van der Waals surface area contributed by atoms with Crippen molar-refractivity contribution >= 4 is 11.8 Å². The number of hydrogen-bond acceptors (Lipinski definition) is 6. The number of rotatable bonds is 11. The maximum absolute atomic E-state index is 12.1. The first-order chi connectivity index (χ1) is 13.6.